The van der Waals surface area contributed by atoms with Gasteiger partial charge in [0.2, 0.25) is 9.05 Å². The number of benzene rings is 1. The van der Waals surface area contributed by atoms with Crippen molar-refractivity contribution < 1.29 is 8.42 Å². The van der Waals surface area contributed by atoms with Gasteiger partial charge in [0.1, 0.15) is 0 Å². The quantitative estimate of drug-likeness (QED) is 0.780. The van der Waals surface area contributed by atoms with E-state index in [1.165, 1.54) is 0 Å². The van der Waals surface area contributed by atoms with Gasteiger partial charge in [-0.2, -0.15) is 0 Å². The standard InChI is InChI=1S/C9H7Cl3O2S/c10-5-1-2-6(8(11)3-5)7-4-9(7)15(12,13)14/h1-3,7,9H,4H2. The molecule has 1 aromatic carbocycles. The average Bonchev–Trinajstić information content (AvgIpc) is 2.82. The zero-order chi connectivity index (χ0) is 11.2. The number of hydrogen-bond acceptors (Lipinski definition) is 2. The van der Waals surface area contributed by atoms with Crippen LogP contribution in [0.1, 0.15) is 17.9 Å². The fraction of sp³-hybridized carbons (Fsp3) is 0.333. The first kappa shape index (κ1) is 11.5. The van der Waals surface area contributed by atoms with Crippen LogP contribution in [0.2, 0.25) is 10.0 Å². The highest BCUT2D eigenvalue weighted by molar-refractivity contribution is 8.14. The van der Waals surface area contributed by atoms with Gasteiger partial charge < -0.3 is 0 Å². The van der Waals surface area contributed by atoms with Gasteiger partial charge in [0.05, 0.1) is 5.25 Å². The van der Waals surface area contributed by atoms with E-state index in [4.69, 9.17) is 33.9 Å². The van der Waals surface area contributed by atoms with E-state index in [0.29, 0.717) is 16.5 Å². The highest BCUT2D eigenvalue weighted by Gasteiger charge is 2.48. The van der Waals surface area contributed by atoms with Gasteiger partial charge in [-0.25, -0.2) is 8.42 Å². The van der Waals surface area contributed by atoms with E-state index in [1.807, 2.05) is 0 Å². The van der Waals surface area contributed by atoms with E-state index in [0.717, 1.165) is 5.56 Å². The normalized spacial score (nSPS) is 25.3. The van der Waals surface area contributed by atoms with Crippen LogP contribution >= 0.6 is 33.9 Å². The molecule has 1 fully saturated rings. The molecule has 0 aliphatic heterocycles. The molecule has 1 saturated carbocycles. The van der Waals surface area contributed by atoms with Crippen molar-refractivity contribution in [1.29, 1.82) is 0 Å². The molecular weight excluding hydrogens is 279 g/mol. The minimum Gasteiger partial charge on any atom is -0.212 e. The second-order valence-corrected chi connectivity index (χ2v) is 7.21. The summed E-state index contributed by atoms with van der Waals surface area (Å²) >= 11 is 11.7. The lowest BCUT2D eigenvalue weighted by atomic mass is 10.1. The lowest BCUT2D eigenvalue weighted by Crippen LogP contribution is -1.99. The van der Waals surface area contributed by atoms with E-state index < -0.39 is 14.3 Å². The van der Waals surface area contributed by atoms with Crippen LogP contribution in [0.5, 0.6) is 0 Å². The zero-order valence-electron chi connectivity index (χ0n) is 7.45. The molecule has 82 valence electrons. The van der Waals surface area contributed by atoms with Gasteiger partial charge in [-0.1, -0.05) is 29.3 Å². The van der Waals surface area contributed by atoms with Crippen molar-refractivity contribution in [3.05, 3.63) is 33.8 Å². The van der Waals surface area contributed by atoms with Crippen LogP contribution in [0.4, 0.5) is 0 Å². The predicted molar refractivity (Wildman–Crippen MR) is 62.4 cm³/mol. The van der Waals surface area contributed by atoms with Gasteiger partial charge in [0.25, 0.3) is 0 Å². The molecule has 15 heavy (non-hydrogen) atoms. The fourth-order valence-corrected chi connectivity index (χ4v) is 3.73. The van der Waals surface area contributed by atoms with Crippen LogP contribution in [-0.4, -0.2) is 13.7 Å². The second kappa shape index (κ2) is 3.81. The third-order valence-electron chi connectivity index (χ3n) is 2.46. The molecule has 2 rings (SSSR count). The van der Waals surface area contributed by atoms with E-state index in [1.54, 1.807) is 18.2 Å². The van der Waals surface area contributed by atoms with Gasteiger partial charge in [0.15, 0.2) is 0 Å². The van der Waals surface area contributed by atoms with Gasteiger partial charge in [-0.05, 0) is 24.1 Å². The van der Waals surface area contributed by atoms with Gasteiger partial charge in [-0.3, -0.25) is 0 Å². The SMILES string of the molecule is O=S(=O)(Cl)C1CC1c1ccc(Cl)cc1Cl. The highest BCUT2D eigenvalue weighted by Crippen LogP contribution is 2.49. The van der Waals surface area contributed by atoms with Crippen LogP contribution in [-0.2, 0) is 9.05 Å². The molecule has 0 heterocycles. The zero-order valence-corrected chi connectivity index (χ0v) is 10.5. The molecule has 1 aliphatic rings. The summed E-state index contributed by atoms with van der Waals surface area (Å²) in [7, 11) is 1.79. The van der Waals surface area contributed by atoms with Gasteiger partial charge in [-0.15, -0.1) is 0 Å². The lowest BCUT2D eigenvalue weighted by molar-refractivity contribution is 0.607. The fourth-order valence-electron chi connectivity index (χ4n) is 1.61. The average molecular weight is 286 g/mol. The highest BCUT2D eigenvalue weighted by atomic mass is 35.7. The molecule has 2 nitrogen and oxygen atoms in total. The topological polar surface area (TPSA) is 34.1 Å². The summed E-state index contributed by atoms with van der Waals surface area (Å²) in [5, 5.41) is 0.530. The summed E-state index contributed by atoms with van der Waals surface area (Å²) in [4.78, 5) is 0. The maximum absolute atomic E-state index is 11.1. The van der Waals surface area contributed by atoms with Gasteiger partial charge in [0, 0.05) is 26.6 Å². The summed E-state index contributed by atoms with van der Waals surface area (Å²) < 4.78 is 22.1. The van der Waals surface area contributed by atoms with Crippen LogP contribution in [0, 0.1) is 0 Å². The van der Waals surface area contributed by atoms with Crippen LogP contribution in [0.25, 0.3) is 0 Å². The second-order valence-electron chi connectivity index (χ2n) is 3.52. The van der Waals surface area contributed by atoms with Crippen molar-refractivity contribution in [3.63, 3.8) is 0 Å². The van der Waals surface area contributed by atoms with E-state index >= 15 is 0 Å². The summed E-state index contributed by atoms with van der Waals surface area (Å²) in [5.41, 5.74) is 0.801. The van der Waals surface area contributed by atoms with Crippen LogP contribution in [0.3, 0.4) is 0 Å². The van der Waals surface area contributed by atoms with E-state index in [2.05, 4.69) is 0 Å². The van der Waals surface area contributed by atoms with Crippen molar-refractivity contribution in [1.82, 2.24) is 0 Å². The molecule has 0 saturated heterocycles. The molecule has 2 atom stereocenters. The molecule has 0 radical (unpaired) electrons. The third-order valence-corrected chi connectivity index (χ3v) is 4.95. The molecule has 2 unspecified atom stereocenters. The summed E-state index contributed by atoms with van der Waals surface area (Å²) in [6.07, 6.45) is 0.535. The molecular formula is C9H7Cl3O2S. The summed E-state index contributed by atoms with van der Waals surface area (Å²) in [6, 6.07) is 5.05. The first-order valence-corrected chi connectivity index (χ1v) is 7.41. The molecule has 0 N–H and O–H groups in total. The largest absolute Gasteiger partial charge is 0.236 e. The van der Waals surface area contributed by atoms with Crippen LogP contribution < -0.4 is 0 Å². The maximum Gasteiger partial charge on any atom is 0.236 e. The Morgan fingerprint density at radius 1 is 1.27 bits per heavy atom. The summed E-state index contributed by atoms with van der Waals surface area (Å²) in [5.74, 6) is -0.0859. The Kier molecular flexibility index (Phi) is 2.93. The Morgan fingerprint density at radius 3 is 2.40 bits per heavy atom. The number of rotatable bonds is 2. The molecule has 6 heteroatoms. The molecule has 1 aliphatic carbocycles. The molecule has 0 aromatic heterocycles. The Bertz CT molecular complexity index is 498. The molecule has 0 amide bonds. The van der Waals surface area contributed by atoms with Crippen molar-refractivity contribution in [2.45, 2.75) is 17.6 Å². The Hall–Kier alpha value is 0.0400. The monoisotopic (exact) mass is 284 g/mol. The van der Waals surface area contributed by atoms with Crippen LogP contribution in [0.15, 0.2) is 18.2 Å². The van der Waals surface area contributed by atoms with E-state index in [9.17, 15) is 8.42 Å². The van der Waals surface area contributed by atoms with Gasteiger partial charge >= 0.3 is 0 Å². The molecule has 0 bridgehead atoms. The number of hydrogen-bond donors (Lipinski definition) is 0. The van der Waals surface area contributed by atoms with Crippen molar-refractivity contribution in [2.24, 2.45) is 0 Å². The predicted octanol–water partition coefficient (Wildman–Crippen LogP) is 3.42. The van der Waals surface area contributed by atoms with Crippen molar-refractivity contribution >= 4 is 42.9 Å². The summed E-state index contributed by atoms with van der Waals surface area (Å²) in [6.45, 7) is 0. The maximum atomic E-state index is 11.1. The molecule has 0 spiro atoms. The van der Waals surface area contributed by atoms with Crippen molar-refractivity contribution in [3.8, 4) is 0 Å². The first-order valence-electron chi connectivity index (χ1n) is 4.28. The smallest absolute Gasteiger partial charge is 0.212 e. The van der Waals surface area contributed by atoms with Crippen molar-refractivity contribution in [2.75, 3.05) is 0 Å². The Labute approximate surface area is 103 Å². The molecule has 1 aromatic rings. The van der Waals surface area contributed by atoms with E-state index in [-0.39, 0.29) is 5.92 Å². The third kappa shape index (κ3) is 2.41. The number of halogens is 3. The Balaban J connectivity index is 2.28. The first-order chi connectivity index (χ1) is 6.89. The lowest BCUT2D eigenvalue weighted by Gasteiger charge is -2.02. The Morgan fingerprint density at radius 2 is 1.93 bits per heavy atom. The minimum atomic E-state index is -3.47. The minimum absolute atomic E-state index is 0.0859.